The minimum atomic E-state index is 0. The monoisotopic (exact) mass is 357 g/mol. The Kier molecular flexibility index (Phi) is 6.15. The highest BCUT2D eigenvalue weighted by Gasteiger charge is 2.06. The molecule has 3 nitrogen and oxygen atoms in total. The second-order valence-electron chi connectivity index (χ2n) is 5.37. The van der Waals surface area contributed by atoms with Crippen LogP contribution >= 0.6 is 23.7 Å². The topological polar surface area (TPSA) is 63.7 Å². The molecule has 0 aliphatic carbocycles. The molecule has 0 radical (unpaired) electrons. The van der Waals surface area contributed by atoms with Gasteiger partial charge in [-0.25, -0.2) is 4.98 Å². The molecule has 0 amide bonds. The van der Waals surface area contributed by atoms with Crippen LogP contribution in [0.4, 0.5) is 0 Å². The molecule has 24 heavy (non-hydrogen) atoms. The molecule has 2 heterocycles. The number of hydrogen-bond donors (Lipinski definition) is 2. The Morgan fingerprint density at radius 1 is 0.917 bits per heavy atom. The minimum Gasteiger partial charge on any atom is -0.344 e. The number of H-pyrrole nitrogens is 1. The number of fused-ring (bicyclic) bond motifs is 1. The first kappa shape index (κ1) is 18.2. The van der Waals surface area contributed by atoms with E-state index in [-0.39, 0.29) is 18.6 Å². The van der Waals surface area contributed by atoms with Crippen molar-refractivity contribution >= 4 is 33.8 Å². The summed E-state index contributed by atoms with van der Waals surface area (Å²) in [4.78, 5) is 7.95. The van der Waals surface area contributed by atoms with Gasteiger partial charge in [0, 0.05) is 11.1 Å². The summed E-state index contributed by atoms with van der Waals surface area (Å²) in [7, 11) is 0. The molecule has 4 N–H and O–H groups in total. The lowest BCUT2D eigenvalue weighted by Gasteiger charge is -1.99. The van der Waals surface area contributed by atoms with Crippen LogP contribution < -0.4 is 6.15 Å². The molecule has 5 heteroatoms. The van der Waals surface area contributed by atoms with E-state index >= 15 is 0 Å². The van der Waals surface area contributed by atoms with Gasteiger partial charge in [0.05, 0.1) is 11.9 Å². The number of aromatic amines is 1. The smallest absolute Gasteiger partial charge is 0.106 e. The summed E-state index contributed by atoms with van der Waals surface area (Å²) in [6, 6.07) is 18.9. The first-order valence-corrected chi connectivity index (χ1v) is 8.32. The fourth-order valence-electron chi connectivity index (χ4n) is 2.73. The average molecular weight is 358 g/mol. The minimum absolute atomic E-state index is 0. The van der Waals surface area contributed by atoms with Gasteiger partial charge in [-0.05, 0) is 34.4 Å². The summed E-state index contributed by atoms with van der Waals surface area (Å²) < 4.78 is 1.36. The van der Waals surface area contributed by atoms with Gasteiger partial charge in [-0.1, -0.05) is 48.5 Å². The normalized spacial score (nSPS) is 10.2. The highest BCUT2D eigenvalue weighted by Crippen LogP contribution is 2.26. The molecule has 0 atom stereocenters. The summed E-state index contributed by atoms with van der Waals surface area (Å²) in [5.41, 5.74) is 3.69. The molecule has 2 aromatic carbocycles. The van der Waals surface area contributed by atoms with E-state index in [9.17, 15) is 0 Å². The average Bonchev–Trinajstić information content (AvgIpc) is 3.21. The molecule has 124 valence electrons. The van der Waals surface area contributed by atoms with E-state index in [2.05, 4.69) is 51.7 Å². The molecule has 0 saturated carbocycles. The van der Waals surface area contributed by atoms with Gasteiger partial charge in [-0.2, -0.15) is 0 Å². The molecule has 0 bridgehead atoms. The van der Waals surface area contributed by atoms with Gasteiger partial charge in [0.25, 0.3) is 0 Å². The standard InChI is InChI=1S/C19H16N2S.ClH.H3N/c1-2-6-14(7-3-1)17-12-20-19(21-17)11-10-15-13-22-18-9-5-4-8-16(15)18;;/h1-9,12-13H,10-11H2,(H,20,21);1H;1H3. The van der Waals surface area contributed by atoms with Crippen LogP contribution in [0.1, 0.15) is 11.4 Å². The predicted octanol–water partition coefficient (Wildman–Crippen LogP) is 5.66. The van der Waals surface area contributed by atoms with Crippen molar-refractivity contribution in [2.45, 2.75) is 12.8 Å². The number of thiophene rings is 1. The number of imidazole rings is 1. The van der Waals surface area contributed by atoms with Crippen molar-refractivity contribution in [3.05, 3.63) is 77.6 Å². The second kappa shape index (κ2) is 8.11. The number of halogens is 1. The maximum absolute atomic E-state index is 4.52. The Hall–Kier alpha value is -2.14. The summed E-state index contributed by atoms with van der Waals surface area (Å²) in [5.74, 6) is 1.05. The summed E-state index contributed by atoms with van der Waals surface area (Å²) >= 11 is 1.82. The maximum Gasteiger partial charge on any atom is 0.106 e. The van der Waals surface area contributed by atoms with Crippen molar-refractivity contribution in [2.24, 2.45) is 0 Å². The van der Waals surface area contributed by atoms with Crippen LogP contribution in [-0.2, 0) is 12.8 Å². The molecular formula is C19H20ClN3S. The van der Waals surface area contributed by atoms with Crippen molar-refractivity contribution in [2.75, 3.05) is 0 Å². The van der Waals surface area contributed by atoms with Crippen molar-refractivity contribution in [3.63, 3.8) is 0 Å². The molecule has 0 fully saturated rings. The van der Waals surface area contributed by atoms with Gasteiger partial charge in [-0.15, -0.1) is 23.7 Å². The van der Waals surface area contributed by atoms with E-state index in [4.69, 9.17) is 0 Å². The van der Waals surface area contributed by atoms with Gasteiger partial charge in [-0.3, -0.25) is 0 Å². The molecule has 0 aliphatic heterocycles. The van der Waals surface area contributed by atoms with Crippen LogP contribution in [0.2, 0.25) is 0 Å². The molecule has 0 saturated heterocycles. The highest BCUT2D eigenvalue weighted by atomic mass is 35.5. The fourth-order valence-corrected chi connectivity index (χ4v) is 3.73. The zero-order valence-corrected chi connectivity index (χ0v) is 14.9. The van der Waals surface area contributed by atoms with Gasteiger partial charge in [0.1, 0.15) is 5.82 Å². The predicted molar refractivity (Wildman–Crippen MR) is 106 cm³/mol. The van der Waals surface area contributed by atoms with E-state index in [1.807, 2.05) is 35.7 Å². The van der Waals surface area contributed by atoms with Crippen LogP contribution in [0.25, 0.3) is 21.3 Å². The van der Waals surface area contributed by atoms with Crippen LogP contribution in [0.3, 0.4) is 0 Å². The van der Waals surface area contributed by atoms with Crippen molar-refractivity contribution in [1.29, 1.82) is 0 Å². The Morgan fingerprint density at radius 3 is 2.50 bits per heavy atom. The molecule has 0 spiro atoms. The number of rotatable bonds is 4. The number of aromatic nitrogens is 2. The van der Waals surface area contributed by atoms with Gasteiger partial charge < -0.3 is 11.1 Å². The van der Waals surface area contributed by atoms with E-state index in [0.29, 0.717) is 0 Å². The largest absolute Gasteiger partial charge is 0.344 e. The molecule has 4 rings (SSSR count). The van der Waals surface area contributed by atoms with Crippen LogP contribution in [-0.4, -0.2) is 9.97 Å². The summed E-state index contributed by atoms with van der Waals surface area (Å²) in [6.07, 6.45) is 3.88. The lowest BCUT2D eigenvalue weighted by Crippen LogP contribution is -1.92. The van der Waals surface area contributed by atoms with Gasteiger partial charge in [0.2, 0.25) is 0 Å². The number of nitrogens with one attached hydrogen (secondary N) is 1. The number of aryl methyl sites for hydroxylation is 2. The molecule has 0 unspecified atom stereocenters. The Bertz CT molecular complexity index is 899. The number of hydrogen-bond acceptors (Lipinski definition) is 3. The van der Waals surface area contributed by atoms with Crippen molar-refractivity contribution in [1.82, 2.24) is 16.1 Å². The van der Waals surface area contributed by atoms with Crippen molar-refractivity contribution in [3.8, 4) is 11.3 Å². The SMILES string of the molecule is Cl.N.c1ccc(-c2cnc(CCc3csc4ccccc34)[nH]2)cc1. The van der Waals surface area contributed by atoms with Crippen LogP contribution in [0.15, 0.2) is 66.2 Å². The van der Waals surface area contributed by atoms with E-state index in [0.717, 1.165) is 24.4 Å². The van der Waals surface area contributed by atoms with Crippen LogP contribution in [0, 0.1) is 0 Å². The highest BCUT2D eigenvalue weighted by molar-refractivity contribution is 7.17. The first-order chi connectivity index (χ1) is 10.9. The molecule has 4 aromatic rings. The third-order valence-electron chi connectivity index (χ3n) is 3.91. The van der Waals surface area contributed by atoms with Gasteiger partial charge in [0.15, 0.2) is 0 Å². The van der Waals surface area contributed by atoms with Gasteiger partial charge >= 0.3 is 0 Å². The maximum atomic E-state index is 4.52. The zero-order chi connectivity index (χ0) is 14.8. The lowest BCUT2D eigenvalue weighted by atomic mass is 10.1. The molecular weight excluding hydrogens is 338 g/mol. The van der Waals surface area contributed by atoms with E-state index in [1.54, 1.807) is 0 Å². The first-order valence-electron chi connectivity index (χ1n) is 7.44. The molecule has 0 aliphatic rings. The third kappa shape index (κ3) is 3.67. The zero-order valence-electron chi connectivity index (χ0n) is 13.2. The summed E-state index contributed by atoms with van der Waals surface area (Å²) in [5, 5.41) is 3.65. The fraction of sp³-hybridized carbons (Fsp3) is 0.105. The Morgan fingerprint density at radius 2 is 1.67 bits per heavy atom. The second-order valence-corrected chi connectivity index (χ2v) is 6.28. The third-order valence-corrected chi connectivity index (χ3v) is 4.92. The Labute approximate surface area is 151 Å². The molecule has 2 aromatic heterocycles. The van der Waals surface area contributed by atoms with E-state index in [1.165, 1.54) is 21.2 Å². The quantitative estimate of drug-likeness (QED) is 0.495. The lowest BCUT2D eigenvalue weighted by molar-refractivity contribution is 0.892. The Balaban J connectivity index is 0.00000104. The van der Waals surface area contributed by atoms with Crippen molar-refractivity contribution < 1.29 is 0 Å². The van der Waals surface area contributed by atoms with E-state index < -0.39 is 0 Å². The number of benzene rings is 2. The number of nitrogens with zero attached hydrogens (tertiary/aromatic N) is 1. The van der Waals surface area contributed by atoms with Crippen LogP contribution in [0.5, 0.6) is 0 Å². The summed E-state index contributed by atoms with van der Waals surface area (Å²) in [6.45, 7) is 0.